The maximum atomic E-state index is 13.5. The minimum absolute atomic E-state index is 0.00234. The Hall–Kier alpha value is -3.01. The SMILES string of the molecule is O=C1NC2C(c3ccccc3)NNN2C2CC(C(=O)N3CCN(c4ccccn4)CC3)CCC12. The predicted octanol–water partition coefficient (Wildman–Crippen LogP) is 1.04. The molecule has 9 nitrogen and oxygen atoms in total. The molecule has 34 heavy (non-hydrogen) atoms. The highest BCUT2D eigenvalue weighted by Crippen LogP contribution is 2.39. The second-order valence-corrected chi connectivity index (χ2v) is 9.69. The zero-order valence-electron chi connectivity index (χ0n) is 19.1. The smallest absolute Gasteiger partial charge is 0.226 e. The number of aromatic nitrogens is 1. The molecular weight excluding hydrogens is 430 g/mol. The van der Waals surface area contributed by atoms with Crippen LogP contribution in [0.5, 0.6) is 0 Å². The lowest BCUT2D eigenvalue weighted by Gasteiger charge is -2.47. The number of hydrogen-bond acceptors (Lipinski definition) is 7. The average Bonchev–Trinajstić information content (AvgIpc) is 3.33. The van der Waals surface area contributed by atoms with E-state index < -0.39 is 0 Å². The number of hydrazine groups is 2. The van der Waals surface area contributed by atoms with Gasteiger partial charge in [-0.15, -0.1) is 0 Å². The van der Waals surface area contributed by atoms with E-state index in [4.69, 9.17) is 0 Å². The quantitative estimate of drug-likeness (QED) is 0.629. The molecule has 4 fully saturated rings. The van der Waals surface area contributed by atoms with Crippen molar-refractivity contribution >= 4 is 17.6 Å². The van der Waals surface area contributed by atoms with Crippen molar-refractivity contribution in [1.29, 1.82) is 0 Å². The number of pyridine rings is 1. The first-order valence-electron chi connectivity index (χ1n) is 12.3. The van der Waals surface area contributed by atoms with Crippen molar-refractivity contribution < 1.29 is 9.59 Å². The second kappa shape index (κ2) is 8.98. The first-order chi connectivity index (χ1) is 16.7. The van der Waals surface area contributed by atoms with Crippen molar-refractivity contribution in [2.45, 2.75) is 37.5 Å². The highest BCUT2D eigenvalue weighted by molar-refractivity contribution is 5.83. The van der Waals surface area contributed by atoms with Gasteiger partial charge in [-0.2, -0.15) is 5.53 Å². The molecule has 1 aromatic carbocycles. The maximum absolute atomic E-state index is 13.5. The van der Waals surface area contributed by atoms with Crippen molar-refractivity contribution in [2.75, 3.05) is 31.1 Å². The van der Waals surface area contributed by atoms with E-state index in [9.17, 15) is 9.59 Å². The van der Waals surface area contributed by atoms with E-state index in [-0.39, 0.29) is 41.9 Å². The molecular formula is C25H31N7O2. The summed E-state index contributed by atoms with van der Waals surface area (Å²) in [7, 11) is 0. The van der Waals surface area contributed by atoms with E-state index in [1.165, 1.54) is 0 Å². The van der Waals surface area contributed by atoms with Gasteiger partial charge in [-0.1, -0.05) is 36.4 Å². The number of carbonyl (C=O) groups is 2. The van der Waals surface area contributed by atoms with E-state index >= 15 is 0 Å². The van der Waals surface area contributed by atoms with Crippen LogP contribution in [0.3, 0.4) is 0 Å². The standard InChI is InChI=1S/C25H31N7O2/c33-24-19-10-9-18(25(34)31-14-12-30(13-15-31)21-8-4-5-11-26-21)16-20(19)32-23(27-24)22(28-29-32)17-6-2-1-3-7-17/h1-8,11,18-20,22-23,28-29H,9-10,12-16H2,(H,27,33). The maximum Gasteiger partial charge on any atom is 0.226 e. The Morgan fingerprint density at radius 2 is 1.76 bits per heavy atom. The van der Waals surface area contributed by atoms with Gasteiger partial charge in [0.05, 0.1) is 12.0 Å². The largest absolute Gasteiger partial charge is 0.353 e. The van der Waals surface area contributed by atoms with Crippen LogP contribution in [0, 0.1) is 11.8 Å². The van der Waals surface area contributed by atoms with Gasteiger partial charge in [-0.3, -0.25) is 9.59 Å². The van der Waals surface area contributed by atoms with Gasteiger partial charge in [0, 0.05) is 44.3 Å². The molecule has 9 heteroatoms. The molecule has 6 rings (SSSR count). The van der Waals surface area contributed by atoms with Gasteiger partial charge in [0.2, 0.25) is 11.8 Å². The molecule has 5 atom stereocenters. The summed E-state index contributed by atoms with van der Waals surface area (Å²) in [4.78, 5) is 35.1. The molecule has 178 valence electrons. The molecule has 4 heterocycles. The van der Waals surface area contributed by atoms with Crippen LogP contribution < -0.4 is 21.2 Å². The number of benzene rings is 1. The third-order valence-corrected chi connectivity index (χ3v) is 7.84. The van der Waals surface area contributed by atoms with Crippen LogP contribution in [-0.2, 0) is 9.59 Å². The molecule has 0 radical (unpaired) electrons. The van der Waals surface area contributed by atoms with Crippen molar-refractivity contribution in [3.05, 3.63) is 60.3 Å². The van der Waals surface area contributed by atoms with Crippen molar-refractivity contribution in [1.82, 2.24) is 31.2 Å². The van der Waals surface area contributed by atoms with Crippen LogP contribution in [0.15, 0.2) is 54.7 Å². The molecule has 1 aliphatic carbocycles. The highest BCUT2D eigenvalue weighted by atomic mass is 16.2. The number of anilines is 1. The molecule has 1 saturated carbocycles. The Kier molecular flexibility index (Phi) is 5.68. The van der Waals surface area contributed by atoms with E-state index in [2.05, 4.69) is 43.3 Å². The van der Waals surface area contributed by atoms with Gasteiger partial charge >= 0.3 is 0 Å². The number of nitrogens with one attached hydrogen (secondary N) is 3. The van der Waals surface area contributed by atoms with Gasteiger partial charge in [0.15, 0.2) is 0 Å². The van der Waals surface area contributed by atoms with Crippen molar-refractivity contribution in [3.63, 3.8) is 0 Å². The summed E-state index contributed by atoms with van der Waals surface area (Å²) < 4.78 is 0. The normalized spacial score (nSPS) is 31.5. The molecule has 5 unspecified atom stereocenters. The number of rotatable bonds is 3. The summed E-state index contributed by atoms with van der Waals surface area (Å²) in [6, 6.07) is 16.0. The fourth-order valence-electron chi connectivity index (χ4n) is 6.01. The van der Waals surface area contributed by atoms with Crippen LogP contribution in [0.4, 0.5) is 5.82 Å². The summed E-state index contributed by atoms with van der Waals surface area (Å²) in [6.45, 7) is 3.01. The predicted molar refractivity (Wildman–Crippen MR) is 127 cm³/mol. The summed E-state index contributed by atoms with van der Waals surface area (Å²) in [6.07, 6.45) is 3.84. The van der Waals surface area contributed by atoms with Crippen LogP contribution >= 0.6 is 0 Å². The lowest BCUT2D eigenvalue weighted by Crippen LogP contribution is -2.66. The van der Waals surface area contributed by atoms with Crippen molar-refractivity contribution in [2.24, 2.45) is 11.8 Å². The van der Waals surface area contributed by atoms with E-state index in [0.29, 0.717) is 19.5 Å². The third-order valence-electron chi connectivity index (χ3n) is 7.84. The first kappa shape index (κ1) is 21.5. The molecule has 3 N–H and O–H groups in total. The number of fused-ring (bicyclic) bond motifs is 3. The van der Waals surface area contributed by atoms with Gasteiger partial charge in [0.25, 0.3) is 0 Å². The number of nitrogens with zero attached hydrogens (tertiary/aromatic N) is 4. The highest BCUT2D eigenvalue weighted by Gasteiger charge is 2.51. The lowest BCUT2D eigenvalue weighted by molar-refractivity contribution is -0.147. The molecule has 4 aliphatic rings. The van der Waals surface area contributed by atoms with Gasteiger partial charge in [-0.25, -0.2) is 15.4 Å². The van der Waals surface area contributed by atoms with Gasteiger partial charge in [-0.05, 0) is 37.0 Å². The fraction of sp³-hybridized carbons (Fsp3) is 0.480. The van der Waals surface area contributed by atoms with E-state index in [1.54, 1.807) is 0 Å². The summed E-state index contributed by atoms with van der Waals surface area (Å²) in [5, 5.41) is 5.35. The number of hydrogen-bond donors (Lipinski definition) is 3. The number of piperazine rings is 1. The number of amides is 2. The minimum Gasteiger partial charge on any atom is -0.353 e. The Morgan fingerprint density at radius 1 is 0.971 bits per heavy atom. The molecule has 3 saturated heterocycles. The van der Waals surface area contributed by atoms with Crippen LogP contribution in [0.2, 0.25) is 0 Å². The monoisotopic (exact) mass is 461 g/mol. The Labute approximate surface area is 199 Å². The molecule has 3 aliphatic heterocycles. The minimum atomic E-state index is -0.174. The van der Waals surface area contributed by atoms with Crippen molar-refractivity contribution in [3.8, 4) is 0 Å². The third kappa shape index (κ3) is 3.83. The molecule has 2 aromatic rings. The fourth-order valence-corrected chi connectivity index (χ4v) is 6.01. The van der Waals surface area contributed by atoms with Gasteiger partial charge in [0.1, 0.15) is 12.0 Å². The number of carbonyl (C=O) groups excluding carboxylic acids is 2. The second-order valence-electron chi connectivity index (χ2n) is 9.69. The topological polar surface area (TPSA) is 92.8 Å². The summed E-state index contributed by atoms with van der Waals surface area (Å²) in [5.74, 6) is 1.16. The Bertz CT molecular complexity index is 1030. The zero-order valence-corrected chi connectivity index (χ0v) is 19.1. The summed E-state index contributed by atoms with van der Waals surface area (Å²) in [5.41, 5.74) is 7.79. The van der Waals surface area contributed by atoms with Crippen LogP contribution in [-0.4, -0.2) is 65.1 Å². The lowest BCUT2D eigenvalue weighted by atomic mass is 9.75. The van der Waals surface area contributed by atoms with Gasteiger partial charge < -0.3 is 15.1 Å². The Morgan fingerprint density at radius 3 is 2.53 bits per heavy atom. The van der Waals surface area contributed by atoms with Crippen LogP contribution in [0.25, 0.3) is 0 Å². The summed E-state index contributed by atoms with van der Waals surface area (Å²) >= 11 is 0. The van der Waals surface area contributed by atoms with Crippen LogP contribution in [0.1, 0.15) is 30.9 Å². The van der Waals surface area contributed by atoms with E-state index in [0.717, 1.165) is 37.3 Å². The molecule has 2 amide bonds. The zero-order chi connectivity index (χ0) is 23.1. The molecule has 0 bridgehead atoms. The average molecular weight is 462 g/mol. The van der Waals surface area contributed by atoms with E-state index in [1.807, 2.05) is 47.5 Å². The molecule has 1 aromatic heterocycles. The first-order valence-corrected chi connectivity index (χ1v) is 12.3. The Balaban J connectivity index is 1.12. The molecule has 0 spiro atoms.